The molecule has 0 aromatic heterocycles. The van der Waals surface area contributed by atoms with E-state index in [0.29, 0.717) is 17.0 Å². The van der Waals surface area contributed by atoms with Crippen LogP contribution in [0.4, 0.5) is 5.69 Å². The van der Waals surface area contributed by atoms with Gasteiger partial charge in [-0.05, 0) is 48.7 Å². The minimum atomic E-state index is -4.03. The van der Waals surface area contributed by atoms with E-state index in [1.54, 1.807) is 24.3 Å². The average Bonchev–Trinajstić information content (AvgIpc) is 2.91. The van der Waals surface area contributed by atoms with E-state index < -0.39 is 28.5 Å². The third-order valence-corrected chi connectivity index (χ3v) is 8.84. The van der Waals surface area contributed by atoms with Crippen molar-refractivity contribution in [1.82, 2.24) is 10.2 Å². The molecule has 0 fully saturated rings. The zero-order valence-corrected chi connectivity index (χ0v) is 26.6. The van der Waals surface area contributed by atoms with Gasteiger partial charge in [0.1, 0.15) is 12.6 Å². The largest absolute Gasteiger partial charge is 0.352 e. The van der Waals surface area contributed by atoms with Gasteiger partial charge in [-0.2, -0.15) is 0 Å². The Kier molecular flexibility index (Phi) is 11.8. The molecule has 0 saturated heterocycles. The fourth-order valence-corrected chi connectivity index (χ4v) is 5.88. The lowest BCUT2D eigenvalue weighted by atomic mass is 10.0. The summed E-state index contributed by atoms with van der Waals surface area (Å²) in [6.45, 7) is 3.17. The first-order valence-corrected chi connectivity index (χ1v) is 16.2. The van der Waals surface area contributed by atoms with Crippen molar-refractivity contribution in [3.63, 3.8) is 0 Å². The van der Waals surface area contributed by atoms with Crippen LogP contribution in [-0.4, -0.2) is 50.0 Å². The summed E-state index contributed by atoms with van der Waals surface area (Å²) in [5, 5.41) is 3.63. The lowest BCUT2D eigenvalue weighted by Crippen LogP contribution is -2.54. The Balaban J connectivity index is 2.10. The van der Waals surface area contributed by atoms with Crippen LogP contribution in [0.25, 0.3) is 0 Å². The molecular weight excluding hydrogens is 628 g/mol. The van der Waals surface area contributed by atoms with E-state index >= 15 is 0 Å². The zero-order chi connectivity index (χ0) is 30.3. The number of amides is 2. The monoisotopic (exact) mass is 657 g/mol. The summed E-state index contributed by atoms with van der Waals surface area (Å²) < 4.78 is 26.7. The summed E-state index contributed by atoms with van der Waals surface area (Å²) in [4.78, 5) is 29.2. The van der Waals surface area contributed by atoms with Crippen molar-refractivity contribution in [2.24, 2.45) is 0 Å². The van der Waals surface area contributed by atoms with E-state index in [1.807, 2.05) is 44.2 Å². The minimum Gasteiger partial charge on any atom is -0.352 e. The van der Waals surface area contributed by atoms with E-state index in [-0.39, 0.29) is 45.7 Å². The van der Waals surface area contributed by atoms with E-state index in [0.717, 1.165) is 16.1 Å². The van der Waals surface area contributed by atoms with Crippen LogP contribution < -0.4 is 9.62 Å². The first kappa shape index (κ1) is 33.0. The molecule has 2 atom stereocenters. The van der Waals surface area contributed by atoms with Crippen LogP contribution in [-0.2, 0) is 32.6 Å². The highest BCUT2D eigenvalue weighted by molar-refractivity contribution is 7.92. The van der Waals surface area contributed by atoms with Gasteiger partial charge in [-0.1, -0.05) is 95.8 Å². The van der Waals surface area contributed by atoms with Crippen LogP contribution in [0.15, 0.2) is 66.7 Å². The molecule has 3 aromatic rings. The van der Waals surface area contributed by atoms with Crippen molar-refractivity contribution in [2.75, 3.05) is 17.1 Å². The number of rotatable bonds is 12. The summed E-state index contributed by atoms with van der Waals surface area (Å²) in [7, 11) is -4.03. The fraction of sp³-hybridized carbons (Fsp3) is 0.310. The predicted molar refractivity (Wildman–Crippen MR) is 167 cm³/mol. The molecule has 220 valence electrons. The van der Waals surface area contributed by atoms with Crippen molar-refractivity contribution >= 4 is 73.9 Å². The maximum Gasteiger partial charge on any atom is 0.244 e. The molecule has 0 unspecified atom stereocenters. The van der Waals surface area contributed by atoms with Crippen molar-refractivity contribution in [3.05, 3.63) is 97.9 Å². The Hall–Kier alpha value is -2.49. The number of sulfonamides is 1. The molecule has 2 amide bonds. The normalized spacial score (nSPS) is 12.9. The van der Waals surface area contributed by atoms with Gasteiger partial charge in [-0.15, -0.1) is 0 Å². The molecular formula is C29H31Cl4N3O4S. The Bertz CT molecular complexity index is 1490. The van der Waals surface area contributed by atoms with Crippen LogP contribution in [0.2, 0.25) is 20.1 Å². The number of carbonyl (C=O) groups is 2. The zero-order valence-electron chi connectivity index (χ0n) is 22.8. The van der Waals surface area contributed by atoms with Gasteiger partial charge in [-0.25, -0.2) is 8.42 Å². The highest BCUT2D eigenvalue weighted by Gasteiger charge is 2.34. The van der Waals surface area contributed by atoms with Crippen molar-refractivity contribution in [3.8, 4) is 0 Å². The van der Waals surface area contributed by atoms with E-state index in [9.17, 15) is 18.0 Å². The highest BCUT2D eigenvalue weighted by atomic mass is 35.5. The highest BCUT2D eigenvalue weighted by Crippen LogP contribution is 2.35. The van der Waals surface area contributed by atoms with Gasteiger partial charge in [-0.3, -0.25) is 13.9 Å². The second-order valence-electron chi connectivity index (χ2n) is 9.66. The first-order valence-electron chi connectivity index (χ1n) is 12.8. The van der Waals surface area contributed by atoms with Gasteiger partial charge in [0.05, 0.1) is 27.0 Å². The van der Waals surface area contributed by atoms with Crippen LogP contribution >= 0.6 is 46.4 Å². The lowest BCUT2D eigenvalue weighted by molar-refractivity contribution is -0.140. The summed E-state index contributed by atoms with van der Waals surface area (Å²) in [5.41, 5.74) is 1.48. The standard InChI is InChI=1S/C29H31Cl4N3O4S/c1-4-19(2)34-29(38)27(14-20-9-6-5-7-10-20)35(17-21-11-8-12-22(30)13-21)28(37)18-36(41(3,39)40)26-16-24(32)23(31)15-25(26)33/h5-13,15-16,19,27H,4,14,17-18H2,1-3H3,(H,34,38)/t19-,27+/m1/s1. The topological polar surface area (TPSA) is 86.8 Å². The Morgan fingerprint density at radius 1 is 0.878 bits per heavy atom. The number of anilines is 1. The molecule has 0 saturated carbocycles. The molecule has 0 spiro atoms. The van der Waals surface area contributed by atoms with Gasteiger partial charge >= 0.3 is 0 Å². The number of nitrogens with zero attached hydrogens (tertiary/aromatic N) is 2. The molecule has 1 N–H and O–H groups in total. The van der Waals surface area contributed by atoms with Gasteiger partial charge in [0, 0.05) is 24.0 Å². The molecule has 0 radical (unpaired) electrons. The number of halogens is 4. The lowest BCUT2D eigenvalue weighted by Gasteiger charge is -2.34. The molecule has 3 aromatic carbocycles. The van der Waals surface area contributed by atoms with Gasteiger partial charge in [0.25, 0.3) is 0 Å². The maximum atomic E-state index is 14.1. The number of benzene rings is 3. The van der Waals surface area contributed by atoms with Gasteiger partial charge in [0.15, 0.2) is 0 Å². The molecule has 0 aliphatic carbocycles. The minimum absolute atomic E-state index is 0.00245. The van der Waals surface area contributed by atoms with Crippen LogP contribution in [0.5, 0.6) is 0 Å². The first-order chi connectivity index (χ1) is 19.3. The molecule has 0 heterocycles. The van der Waals surface area contributed by atoms with E-state index in [1.165, 1.54) is 17.0 Å². The quantitative estimate of drug-likeness (QED) is 0.222. The second-order valence-corrected chi connectivity index (χ2v) is 13.2. The number of hydrogen-bond donors (Lipinski definition) is 1. The van der Waals surface area contributed by atoms with Crippen LogP contribution in [0.1, 0.15) is 31.4 Å². The Morgan fingerprint density at radius 2 is 1.51 bits per heavy atom. The number of carbonyl (C=O) groups excluding carboxylic acids is 2. The third-order valence-electron chi connectivity index (χ3n) is 6.45. The van der Waals surface area contributed by atoms with Crippen LogP contribution in [0.3, 0.4) is 0 Å². The second kappa shape index (κ2) is 14.6. The Labute approximate surface area is 261 Å². The summed E-state index contributed by atoms with van der Waals surface area (Å²) in [6, 6.07) is 17.7. The summed E-state index contributed by atoms with van der Waals surface area (Å²) >= 11 is 24.8. The van der Waals surface area contributed by atoms with Gasteiger partial charge in [0.2, 0.25) is 21.8 Å². The third kappa shape index (κ3) is 9.25. The van der Waals surface area contributed by atoms with Crippen LogP contribution in [0, 0.1) is 0 Å². The summed E-state index contributed by atoms with van der Waals surface area (Å²) in [5.74, 6) is -0.991. The SMILES string of the molecule is CC[C@@H](C)NC(=O)[C@H](Cc1ccccc1)N(Cc1cccc(Cl)c1)C(=O)CN(c1cc(Cl)c(Cl)cc1Cl)S(C)(=O)=O. The van der Waals surface area contributed by atoms with Crippen molar-refractivity contribution < 1.29 is 18.0 Å². The maximum absolute atomic E-state index is 14.1. The molecule has 0 bridgehead atoms. The van der Waals surface area contributed by atoms with E-state index in [4.69, 9.17) is 46.4 Å². The molecule has 12 heteroatoms. The van der Waals surface area contributed by atoms with Gasteiger partial charge < -0.3 is 10.2 Å². The smallest absolute Gasteiger partial charge is 0.244 e. The molecule has 7 nitrogen and oxygen atoms in total. The number of hydrogen-bond acceptors (Lipinski definition) is 4. The molecule has 0 aliphatic rings. The molecule has 0 aliphatic heterocycles. The van der Waals surface area contributed by atoms with Crippen molar-refractivity contribution in [1.29, 1.82) is 0 Å². The average molecular weight is 659 g/mol. The predicted octanol–water partition coefficient (Wildman–Crippen LogP) is 6.62. The molecule has 41 heavy (non-hydrogen) atoms. The molecule has 3 rings (SSSR count). The summed E-state index contributed by atoms with van der Waals surface area (Å²) in [6.07, 6.45) is 1.84. The Morgan fingerprint density at radius 3 is 2.12 bits per heavy atom. The fourth-order valence-electron chi connectivity index (χ4n) is 4.13. The van der Waals surface area contributed by atoms with Crippen molar-refractivity contribution in [2.45, 2.75) is 45.3 Å². The van der Waals surface area contributed by atoms with E-state index in [2.05, 4.69) is 5.32 Å². The number of nitrogens with one attached hydrogen (secondary N) is 1.